The minimum Gasteiger partial charge on any atom is -0.298 e. The second-order valence-corrected chi connectivity index (χ2v) is 4.41. The molecule has 2 nitrogen and oxygen atoms in total. The summed E-state index contributed by atoms with van der Waals surface area (Å²) in [5.74, 6) is 0.901. The molecule has 0 amide bonds. The van der Waals surface area contributed by atoms with E-state index < -0.39 is 0 Å². The molecule has 0 spiro atoms. The van der Waals surface area contributed by atoms with Crippen molar-refractivity contribution in [2.75, 3.05) is 13.1 Å². The highest BCUT2D eigenvalue weighted by Crippen LogP contribution is 2.37. The number of likely N-dealkylation sites (tertiary alicyclic amines) is 1. The summed E-state index contributed by atoms with van der Waals surface area (Å²) in [4.78, 5) is 2.38. The summed E-state index contributed by atoms with van der Waals surface area (Å²) in [5, 5.41) is 8.24. The molecule has 1 saturated heterocycles. The molecule has 0 aromatic heterocycles. The zero-order chi connectivity index (χ0) is 8.55. The maximum absolute atomic E-state index is 8.56. The predicted molar refractivity (Wildman–Crippen MR) is 48.0 cm³/mol. The fraction of sp³-hybridized carbons (Fsp3) is 0.889. The molecule has 3 atom stereocenters. The molecular formula is C9H13ClN2. The third-order valence-corrected chi connectivity index (χ3v) is 3.29. The average molecular weight is 185 g/mol. The Morgan fingerprint density at radius 1 is 1.58 bits per heavy atom. The lowest BCUT2D eigenvalue weighted by Gasteiger charge is -2.26. The lowest BCUT2D eigenvalue weighted by atomic mass is 10.1. The quantitative estimate of drug-likeness (QED) is 0.610. The van der Waals surface area contributed by atoms with Gasteiger partial charge < -0.3 is 0 Å². The number of hydrogen-bond acceptors (Lipinski definition) is 2. The Hall–Kier alpha value is -0.260. The first-order chi connectivity index (χ1) is 5.79. The van der Waals surface area contributed by atoms with Gasteiger partial charge in [-0.05, 0) is 25.2 Å². The standard InChI is InChI=1S/C9H13ClN2/c10-8(4-11)6-12-5-7-1-2-9(12)3-7/h7-9H,1-3,5-6H2. The smallest absolute Gasteiger partial charge is 0.133 e. The summed E-state index contributed by atoms with van der Waals surface area (Å²) in [6.07, 6.45) is 4.05. The van der Waals surface area contributed by atoms with E-state index in [1.807, 2.05) is 0 Å². The topological polar surface area (TPSA) is 27.0 Å². The van der Waals surface area contributed by atoms with Crippen LogP contribution in [0.4, 0.5) is 0 Å². The zero-order valence-electron chi connectivity index (χ0n) is 7.04. The van der Waals surface area contributed by atoms with Crippen LogP contribution in [0.1, 0.15) is 19.3 Å². The van der Waals surface area contributed by atoms with Crippen LogP contribution in [-0.2, 0) is 0 Å². The van der Waals surface area contributed by atoms with E-state index in [0.29, 0.717) is 0 Å². The number of nitriles is 1. The van der Waals surface area contributed by atoms with Crippen LogP contribution in [0.5, 0.6) is 0 Å². The first-order valence-corrected chi connectivity index (χ1v) is 5.01. The first-order valence-electron chi connectivity index (χ1n) is 4.57. The van der Waals surface area contributed by atoms with Gasteiger partial charge in [-0.2, -0.15) is 5.26 Å². The highest BCUT2D eigenvalue weighted by atomic mass is 35.5. The molecule has 0 aromatic rings. The maximum atomic E-state index is 8.56. The van der Waals surface area contributed by atoms with Gasteiger partial charge in [0.1, 0.15) is 5.38 Å². The van der Waals surface area contributed by atoms with Crippen molar-refractivity contribution < 1.29 is 0 Å². The SMILES string of the molecule is N#CC(Cl)CN1CC2CCC1C2. The monoisotopic (exact) mass is 184 g/mol. The van der Waals surface area contributed by atoms with Crippen LogP contribution in [0.25, 0.3) is 0 Å². The van der Waals surface area contributed by atoms with E-state index in [1.54, 1.807) is 0 Å². The lowest BCUT2D eigenvalue weighted by molar-refractivity contribution is 0.219. The molecule has 0 N–H and O–H groups in total. The van der Waals surface area contributed by atoms with Crippen LogP contribution in [0.3, 0.4) is 0 Å². The molecule has 1 aliphatic carbocycles. The molecule has 2 rings (SSSR count). The van der Waals surface area contributed by atoms with Crippen LogP contribution >= 0.6 is 11.6 Å². The van der Waals surface area contributed by atoms with E-state index in [4.69, 9.17) is 16.9 Å². The molecule has 3 heteroatoms. The largest absolute Gasteiger partial charge is 0.298 e. The summed E-state index contributed by atoms with van der Waals surface area (Å²) in [5.41, 5.74) is 0. The van der Waals surface area contributed by atoms with Crippen LogP contribution in [-0.4, -0.2) is 29.4 Å². The van der Waals surface area contributed by atoms with E-state index in [9.17, 15) is 0 Å². The molecule has 0 aromatic carbocycles. The van der Waals surface area contributed by atoms with Crippen molar-refractivity contribution in [3.63, 3.8) is 0 Å². The minimum atomic E-state index is -0.315. The molecule has 66 valence electrons. The Kier molecular flexibility index (Phi) is 2.25. The maximum Gasteiger partial charge on any atom is 0.133 e. The fourth-order valence-electron chi connectivity index (χ4n) is 2.50. The van der Waals surface area contributed by atoms with Gasteiger partial charge in [0, 0.05) is 19.1 Å². The van der Waals surface area contributed by atoms with Crippen molar-refractivity contribution >= 4 is 11.6 Å². The highest BCUT2D eigenvalue weighted by molar-refractivity contribution is 6.22. The average Bonchev–Trinajstić information content (AvgIpc) is 2.64. The molecule has 2 fully saturated rings. The molecule has 2 bridgehead atoms. The predicted octanol–water partition coefficient (Wildman–Crippen LogP) is 1.60. The number of hydrogen-bond donors (Lipinski definition) is 0. The van der Waals surface area contributed by atoms with Crippen molar-refractivity contribution in [3.8, 4) is 6.07 Å². The van der Waals surface area contributed by atoms with Crippen molar-refractivity contribution in [1.29, 1.82) is 5.26 Å². The third-order valence-electron chi connectivity index (χ3n) is 3.06. The molecular weight excluding hydrogens is 172 g/mol. The Morgan fingerprint density at radius 2 is 2.42 bits per heavy atom. The molecule has 1 saturated carbocycles. The van der Waals surface area contributed by atoms with E-state index in [0.717, 1.165) is 18.5 Å². The molecule has 1 heterocycles. The number of fused-ring (bicyclic) bond motifs is 2. The van der Waals surface area contributed by atoms with Crippen LogP contribution < -0.4 is 0 Å². The number of rotatable bonds is 2. The van der Waals surface area contributed by atoms with E-state index in [-0.39, 0.29) is 5.38 Å². The van der Waals surface area contributed by atoms with Crippen LogP contribution in [0.2, 0.25) is 0 Å². The van der Waals surface area contributed by atoms with Crippen molar-refractivity contribution in [2.45, 2.75) is 30.7 Å². The Bertz CT molecular complexity index is 211. The zero-order valence-corrected chi connectivity index (χ0v) is 7.80. The van der Waals surface area contributed by atoms with Gasteiger partial charge in [0.15, 0.2) is 0 Å². The van der Waals surface area contributed by atoms with Gasteiger partial charge in [-0.15, -0.1) is 11.6 Å². The minimum absolute atomic E-state index is 0.315. The van der Waals surface area contributed by atoms with Gasteiger partial charge >= 0.3 is 0 Å². The summed E-state index contributed by atoms with van der Waals surface area (Å²) >= 11 is 5.78. The van der Waals surface area contributed by atoms with E-state index in [1.165, 1.54) is 25.8 Å². The number of alkyl halides is 1. The second-order valence-electron chi connectivity index (χ2n) is 3.88. The second kappa shape index (κ2) is 3.24. The van der Waals surface area contributed by atoms with Crippen molar-refractivity contribution in [2.24, 2.45) is 5.92 Å². The lowest BCUT2D eigenvalue weighted by Crippen LogP contribution is -2.36. The van der Waals surface area contributed by atoms with Gasteiger partial charge in [-0.1, -0.05) is 0 Å². The number of piperidine rings is 1. The molecule has 1 aliphatic heterocycles. The van der Waals surface area contributed by atoms with Gasteiger partial charge in [-0.3, -0.25) is 4.90 Å². The van der Waals surface area contributed by atoms with Crippen molar-refractivity contribution in [3.05, 3.63) is 0 Å². The third kappa shape index (κ3) is 1.44. The Balaban J connectivity index is 1.87. The Labute approximate surface area is 78.1 Å². The van der Waals surface area contributed by atoms with E-state index in [2.05, 4.69) is 11.0 Å². The summed E-state index contributed by atoms with van der Waals surface area (Å²) in [6, 6.07) is 2.82. The molecule has 12 heavy (non-hydrogen) atoms. The van der Waals surface area contributed by atoms with Gasteiger partial charge in [0.25, 0.3) is 0 Å². The molecule has 2 aliphatic rings. The van der Waals surface area contributed by atoms with Crippen LogP contribution in [0, 0.1) is 17.2 Å². The highest BCUT2D eigenvalue weighted by Gasteiger charge is 2.37. The fourth-order valence-corrected chi connectivity index (χ4v) is 2.67. The van der Waals surface area contributed by atoms with Crippen molar-refractivity contribution in [1.82, 2.24) is 4.90 Å². The summed E-state index contributed by atoms with van der Waals surface area (Å²) in [7, 11) is 0. The van der Waals surface area contributed by atoms with Gasteiger partial charge in [-0.25, -0.2) is 0 Å². The Morgan fingerprint density at radius 3 is 2.92 bits per heavy atom. The number of nitrogens with zero attached hydrogens (tertiary/aromatic N) is 2. The van der Waals surface area contributed by atoms with Gasteiger partial charge in [0.2, 0.25) is 0 Å². The normalized spacial score (nSPS) is 36.7. The summed E-state index contributed by atoms with van der Waals surface area (Å²) < 4.78 is 0. The molecule has 3 unspecified atom stereocenters. The number of halogens is 1. The van der Waals surface area contributed by atoms with Gasteiger partial charge in [0.05, 0.1) is 6.07 Å². The first kappa shape index (κ1) is 8.34. The molecule has 0 radical (unpaired) electrons. The van der Waals surface area contributed by atoms with E-state index >= 15 is 0 Å². The summed E-state index contributed by atoms with van der Waals surface area (Å²) in [6.45, 7) is 1.94. The van der Waals surface area contributed by atoms with Crippen LogP contribution in [0.15, 0.2) is 0 Å².